The smallest absolute Gasteiger partial charge is 0.185 e. The number of hydrogen-bond donors (Lipinski definition) is 2. The minimum atomic E-state index is -0.441. The number of fused-ring (bicyclic) bond motifs is 1. The molecule has 2 N–H and O–H groups in total. The highest BCUT2D eigenvalue weighted by Crippen LogP contribution is 2.41. The highest BCUT2D eigenvalue weighted by molar-refractivity contribution is 6.01. The molecule has 7 rings (SSSR count). The molecule has 0 radical (unpaired) electrons. The monoisotopic (exact) mass is 526 g/mol. The van der Waals surface area contributed by atoms with Crippen molar-refractivity contribution in [2.75, 3.05) is 18.5 Å². The van der Waals surface area contributed by atoms with E-state index in [0.29, 0.717) is 53.1 Å². The number of nitrogens with one attached hydrogen (secondary N) is 2. The van der Waals surface area contributed by atoms with Crippen LogP contribution in [0.4, 0.5) is 15.9 Å². The van der Waals surface area contributed by atoms with Gasteiger partial charge in [-0.15, -0.1) is 5.10 Å². The first-order chi connectivity index (χ1) is 19.0. The number of imidazole rings is 1. The van der Waals surface area contributed by atoms with Crippen molar-refractivity contribution in [2.45, 2.75) is 39.5 Å². The Bertz CT molecular complexity index is 1650. The third-order valence-corrected chi connectivity index (χ3v) is 7.06. The number of anilines is 2. The Balaban J connectivity index is 1.34. The van der Waals surface area contributed by atoms with Crippen LogP contribution in [0.15, 0.2) is 42.7 Å². The van der Waals surface area contributed by atoms with Gasteiger partial charge in [0.2, 0.25) is 0 Å². The van der Waals surface area contributed by atoms with E-state index in [1.807, 2.05) is 42.9 Å². The Hall–Kier alpha value is -4.22. The first-order valence-corrected chi connectivity index (χ1v) is 13.1. The molecule has 1 aromatic carbocycles. The highest BCUT2D eigenvalue weighted by atomic mass is 19.1. The number of pyridine rings is 1. The van der Waals surface area contributed by atoms with Crippen LogP contribution in [0.3, 0.4) is 0 Å². The fourth-order valence-electron chi connectivity index (χ4n) is 4.88. The number of aromatic amines is 1. The average Bonchev–Trinajstić information content (AvgIpc) is 3.29. The molecule has 4 aromatic heterocycles. The van der Waals surface area contributed by atoms with Crippen LogP contribution < -0.4 is 5.32 Å². The van der Waals surface area contributed by atoms with Crippen LogP contribution in [0.2, 0.25) is 0 Å². The van der Waals surface area contributed by atoms with Crippen molar-refractivity contribution in [3.63, 3.8) is 0 Å². The number of aryl methyl sites for hydroxylation is 2. The largest absolute Gasteiger partial charge is 0.346 e. The van der Waals surface area contributed by atoms with Crippen LogP contribution in [0, 0.1) is 25.6 Å². The van der Waals surface area contributed by atoms with Crippen LogP contribution in [-0.2, 0) is 16.0 Å². The fourth-order valence-corrected chi connectivity index (χ4v) is 4.88. The average molecular weight is 527 g/mol. The first-order valence-electron chi connectivity index (χ1n) is 13.1. The predicted molar refractivity (Wildman–Crippen MR) is 143 cm³/mol. The summed E-state index contributed by atoms with van der Waals surface area (Å²) in [6, 6.07) is 8.81. The van der Waals surface area contributed by atoms with Crippen molar-refractivity contribution < 1.29 is 13.9 Å². The first kappa shape index (κ1) is 23.9. The zero-order valence-corrected chi connectivity index (χ0v) is 21.6. The molecule has 0 amide bonds. The van der Waals surface area contributed by atoms with Gasteiger partial charge in [0.25, 0.3) is 0 Å². The van der Waals surface area contributed by atoms with Crippen LogP contribution in [0.1, 0.15) is 36.1 Å². The molecule has 1 aliphatic carbocycles. The van der Waals surface area contributed by atoms with Gasteiger partial charge >= 0.3 is 0 Å². The van der Waals surface area contributed by atoms with Gasteiger partial charge in [-0.05, 0) is 50.8 Å². The molecule has 5 heterocycles. The van der Waals surface area contributed by atoms with Gasteiger partial charge < -0.3 is 19.8 Å². The van der Waals surface area contributed by atoms with Crippen molar-refractivity contribution >= 4 is 22.5 Å². The molecule has 0 spiro atoms. The maximum Gasteiger partial charge on any atom is 0.185 e. The number of ether oxygens (including phenoxy) is 2. The molecule has 2 fully saturated rings. The van der Waals surface area contributed by atoms with Gasteiger partial charge in [0.15, 0.2) is 17.9 Å². The summed E-state index contributed by atoms with van der Waals surface area (Å²) in [5.41, 5.74) is 5.88. The normalized spacial score (nSPS) is 15.9. The molecule has 0 unspecified atom stereocenters. The third-order valence-electron chi connectivity index (χ3n) is 7.06. The molecule has 0 bridgehead atoms. The maximum absolute atomic E-state index is 15.8. The summed E-state index contributed by atoms with van der Waals surface area (Å²) in [7, 11) is 0. The van der Waals surface area contributed by atoms with Crippen molar-refractivity contribution in [3.8, 4) is 22.6 Å². The number of rotatable bonds is 7. The number of benzene rings is 1. The second-order valence-corrected chi connectivity index (χ2v) is 10.1. The molecule has 1 aliphatic heterocycles. The zero-order valence-electron chi connectivity index (χ0n) is 21.6. The summed E-state index contributed by atoms with van der Waals surface area (Å²) in [4.78, 5) is 12.7. The summed E-state index contributed by atoms with van der Waals surface area (Å²) in [6.07, 6.45) is 5.72. The van der Waals surface area contributed by atoms with E-state index in [1.54, 1.807) is 12.3 Å². The van der Waals surface area contributed by atoms with Crippen molar-refractivity contribution in [3.05, 3.63) is 65.5 Å². The van der Waals surface area contributed by atoms with Crippen LogP contribution in [-0.4, -0.2) is 48.1 Å². The van der Waals surface area contributed by atoms with Gasteiger partial charge in [0, 0.05) is 41.7 Å². The molecule has 198 valence electrons. The molecule has 1 saturated carbocycles. The lowest BCUT2D eigenvalue weighted by atomic mass is 10.0. The van der Waals surface area contributed by atoms with Gasteiger partial charge in [-0.3, -0.25) is 9.67 Å². The van der Waals surface area contributed by atoms with E-state index in [0.717, 1.165) is 29.1 Å². The second-order valence-electron chi connectivity index (χ2n) is 10.1. The lowest BCUT2D eigenvalue weighted by Gasteiger charge is -2.13. The Morgan fingerprint density at radius 3 is 2.67 bits per heavy atom. The molecular formula is C28H27FN8O2. The fraction of sp³-hybridized carbons (Fsp3) is 0.321. The number of halogens is 1. The molecule has 2 aliphatic rings. The summed E-state index contributed by atoms with van der Waals surface area (Å²) in [5.74, 6) is 1.17. The van der Waals surface area contributed by atoms with Crippen molar-refractivity contribution in [2.24, 2.45) is 5.92 Å². The summed E-state index contributed by atoms with van der Waals surface area (Å²) in [6.45, 7) is 5.76. The van der Waals surface area contributed by atoms with Crippen LogP contribution in [0.25, 0.3) is 33.7 Å². The van der Waals surface area contributed by atoms with Crippen molar-refractivity contribution in [1.29, 1.82) is 0 Å². The Morgan fingerprint density at radius 1 is 1.10 bits per heavy atom. The predicted octanol–water partition coefficient (Wildman–Crippen LogP) is 5.23. The van der Waals surface area contributed by atoms with E-state index < -0.39 is 12.1 Å². The number of aromatic nitrogens is 7. The van der Waals surface area contributed by atoms with E-state index in [2.05, 4.69) is 25.5 Å². The lowest BCUT2D eigenvalue weighted by molar-refractivity contribution is -0.0443. The summed E-state index contributed by atoms with van der Waals surface area (Å²) in [5, 5.41) is 16.2. The molecule has 11 heteroatoms. The van der Waals surface area contributed by atoms with Gasteiger partial charge in [0.1, 0.15) is 11.5 Å². The minimum Gasteiger partial charge on any atom is -0.346 e. The maximum atomic E-state index is 15.8. The quantitative estimate of drug-likeness (QED) is 0.296. The number of H-pyrrole nitrogens is 1. The Labute approximate surface area is 223 Å². The second kappa shape index (κ2) is 9.51. The van der Waals surface area contributed by atoms with E-state index >= 15 is 4.39 Å². The number of nitrogens with zero attached hydrogens (tertiary/aromatic N) is 6. The lowest BCUT2D eigenvalue weighted by Crippen LogP contribution is -2.01. The zero-order chi connectivity index (χ0) is 26.5. The SMILES string of the molecule is Cc1ccc(Nc2c(F)cc3[nH]c(-c4ccc(C5OCCO5)cn4)nc3c2-c2cn(CC3CC3)nc2C)nn1. The molecule has 1 saturated heterocycles. The van der Waals surface area contributed by atoms with Gasteiger partial charge in [-0.1, -0.05) is 6.07 Å². The minimum absolute atomic E-state index is 0.270. The molecule has 10 nitrogen and oxygen atoms in total. The molecule has 5 aromatic rings. The van der Waals surface area contributed by atoms with Gasteiger partial charge in [0.05, 0.1) is 41.3 Å². The van der Waals surface area contributed by atoms with Crippen LogP contribution >= 0.6 is 0 Å². The van der Waals surface area contributed by atoms with E-state index in [9.17, 15) is 0 Å². The van der Waals surface area contributed by atoms with E-state index in [4.69, 9.17) is 19.6 Å². The highest BCUT2D eigenvalue weighted by Gasteiger charge is 2.26. The standard InChI is InChI=1S/C28H27FN8O2/c1-15-3-8-23(35-34-15)32-25-20(29)11-22-26(24(25)19-14-37(36-16(19)2)13-17-4-5-17)33-27(31-22)21-7-6-18(12-30-21)28-38-9-10-39-28/h3,6-8,11-12,14,17,28H,4-5,9-10,13H2,1-2H3,(H,31,33)(H,32,35). The molecule has 0 atom stereocenters. The van der Waals surface area contributed by atoms with Gasteiger partial charge in [-0.2, -0.15) is 10.2 Å². The summed E-state index contributed by atoms with van der Waals surface area (Å²) >= 11 is 0. The third kappa shape index (κ3) is 4.64. The topological polar surface area (TPSA) is 116 Å². The number of hydrogen-bond acceptors (Lipinski definition) is 8. The van der Waals surface area contributed by atoms with Crippen molar-refractivity contribution in [1.82, 2.24) is 34.9 Å². The molecule has 39 heavy (non-hydrogen) atoms. The Morgan fingerprint density at radius 2 is 1.95 bits per heavy atom. The van der Waals surface area contributed by atoms with Gasteiger partial charge in [-0.25, -0.2) is 9.37 Å². The Kier molecular flexibility index (Phi) is 5.82. The van der Waals surface area contributed by atoms with E-state index in [-0.39, 0.29) is 5.69 Å². The van der Waals surface area contributed by atoms with Crippen LogP contribution in [0.5, 0.6) is 0 Å². The molecular weight excluding hydrogens is 499 g/mol. The van der Waals surface area contributed by atoms with E-state index in [1.165, 1.54) is 18.9 Å². The summed E-state index contributed by atoms with van der Waals surface area (Å²) < 4.78 is 28.9.